The topological polar surface area (TPSA) is 22.1 Å². The van der Waals surface area contributed by atoms with Gasteiger partial charge in [0, 0.05) is 6.20 Å². The second kappa shape index (κ2) is 4.66. The molecule has 0 atom stereocenters. The summed E-state index contributed by atoms with van der Waals surface area (Å²) in [5, 5.41) is 0. The first-order valence-corrected chi connectivity index (χ1v) is 5.82. The molecule has 0 aliphatic carbocycles. The van der Waals surface area contributed by atoms with Crippen molar-refractivity contribution in [3.63, 3.8) is 0 Å². The molecule has 0 radical (unpaired) electrons. The minimum absolute atomic E-state index is 0.807. The van der Waals surface area contributed by atoms with Crippen LogP contribution in [-0.4, -0.2) is 4.98 Å². The zero-order valence-electron chi connectivity index (χ0n) is 9.20. The van der Waals surface area contributed by atoms with E-state index in [0.29, 0.717) is 0 Å². The van der Waals surface area contributed by atoms with Crippen LogP contribution in [-0.2, 0) is 0 Å². The van der Waals surface area contributed by atoms with Crippen molar-refractivity contribution in [1.29, 1.82) is 0 Å². The lowest BCUT2D eigenvalue weighted by atomic mass is 10.2. The fourth-order valence-corrected chi connectivity index (χ4v) is 1.84. The fourth-order valence-electron chi connectivity index (χ4n) is 1.47. The molecule has 2 aromatic rings. The Balaban J connectivity index is 2.38. The maximum atomic E-state index is 5.86. The molecular formula is C13H12BrNO. The minimum Gasteiger partial charge on any atom is -0.454 e. The lowest BCUT2D eigenvalue weighted by molar-refractivity contribution is 0.469. The number of pyridine rings is 1. The largest absolute Gasteiger partial charge is 0.454 e. The average molecular weight is 278 g/mol. The molecule has 0 spiro atoms. The van der Waals surface area contributed by atoms with E-state index in [1.54, 1.807) is 6.20 Å². The number of aromatic nitrogens is 1. The highest BCUT2D eigenvalue weighted by Gasteiger charge is 2.07. The van der Waals surface area contributed by atoms with E-state index >= 15 is 0 Å². The van der Waals surface area contributed by atoms with E-state index in [1.165, 1.54) is 0 Å². The van der Waals surface area contributed by atoms with Crippen molar-refractivity contribution in [2.24, 2.45) is 0 Å². The molecule has 0 aliphatic rings. The monoisotopic (exact) mass is 277 g/mol. The van der Waals surface area contributed by atoms with Crippen molar-refractivity contribution < 1.29 is 4.74 Å². The molecule has 2 rings (SSSR count). The Morgan fingerprint density at radius 3 is 2.56 bits per heavy atom. The van der Waals surface area contributed by atoms with Crippen molar-refractivity contribution in [3.05, 3.63) is 52.3 Å². The van der Waals surface area contributed by atoms with E-state index in [9.17, 15) is 0 Å². The van der Waals surface area contributed by atoms with Gasteiger partial charge < -0.3 is 4.74 Å². The summed E-state index contributed by atoms with van der Waals surface area (Å²) in [6, 6.07) is 9.73. The Hall–Kier alpha value is -1.35. The van der Waals surface area contributed by atoms with E-state index < -0.39 is 0 Å². The van der Waals surface area contributed by atoms with E-state index in [0.717, 1.165) is 27.2 Å². The number of hydrogen-bond donors (Lipinski definition) is 0. The molecule has 0 saturated carbocycles. The van der Waals surface area contributed by atoms with Crippen LogP contribution in [0.2, 0.25) is 0 Å². The summed E-state index contributed by atoms with van der Waals surface area (Å²) >= 11 is 3.46. The number of benzene rings is 1. The highest BCUT2D eigenvalue weighted by atomic mass is 79.9. The smallest absolute Gasteiger partial charge is 0.151 e. The van der Waals surface area contributed by atoms with Gasteiger partial charge in [0.25, 0.3) is 0 Å². The third kappa shape index (κ3) is 2.25. The second-order valence-corrected chi connectivity index (χ2v) is 4.43. The first kappa shape index (κ1) is 11.1. The van der Waals surface area contributed by atoms with Crippen LogP contribution in [0.4, 0.5) is 0 Å². The molecular weight excluding hydrogens is 266 g/mol. The Bertz CT molecular complexity index is 491. The highest BCUT2D eigenvalue weighted by Crippen LogP contribution is 2.32. The molecule has 0 amide bonds. The van der Waals surface area contributed by atoms with Gasteiger partial charge in [-0.1, -0.05) is 12.1 Å². The number of para-hydroxylation sites is 1. The number of halogens is 1. The number of aryl methyl sites for hydroxylation is 2. The molecule has 1 aromatic carbocycles. The molecule has 0 bridgehead atoms. The van der Waals surface area contributed by atoms with Gasteiger partial charge in [0.15, 0.2) is 5.75 Å². The maximum Gasteiger partial charge on any atom is 0.151 e. The average Bonchev–Trinajstić information content (AvgIpc) is 2.26. The summed E-state index contributed by atoms with van der Waals surface area (Å²) in [6.45, 7) is 3.96. The van der Waals surface area contributed by atoms with Crippen LogP contribution < -0.4 is 4.74 Å². The van der Waals surface area contributed by atoms with Crippen LogP contribution in [0, 0.1) is 13.8 Å². The second-order valence-electron chi connectivity index (χ2n) is 3.57. The molecule has 0 unspecified atom stereocenters. The third-order valence-electron chi connectivity index (χ3n) is 2.33. The highest BCUT2D eigenvalue weighted by molar-refractivity contribution is 9.10. The van der Waals surface area contributed by atoms with Gasteiger partial charge in [-0.2, -0.15) is 0 Å². The van der Waals surface area contributed by atoms with Gasteiger partial charge in [-0.3, -0.25) is 4.98 Å². The Labute approximate surface area is 103 Å². The van der Waals surface area contributed by atoms with Crippen LogP contribution in [0.15, 0.2) is 41.0 Å². The molecule has 3 heteroatoms. The quantitative estimate of drug-likeness (QED) is 0.819. The van der Waals surface area contributed by atoms with Crippen LogP contribution in [0.1, 0.15) is 11.3 Å². The lowest BCUT2D eigenvalue weighted by Gasteiger charge is -2.11. The summed E-state index contributed by atoms with van der Waals surface area (Å²) in [5.74, 6) is 1.64. The molecule has 0 aliphatic heterocycles. The van der Waals surface area contributed by atoms with Gasteiger partial charge in [0.2, 0.25) is 0 Å². The van der Waals surface area contributed by atoms with E-state index in [1.807, 2.05) is 44.2 Å². The Morgan fingerprint density at radius 1 is 1.12 bits per heavy atom. The molecule has 1 aromatic heterocycles. The fraction of sp³-hybridized carbons (Fsp3) is 0.154. The van der Waals surface area contributed by atoms with Gasteiger partial charge >= 0.3 is 0 Å². The van der Waals surface area contributed by atoms with E-state index in [-0.39, 0.29) is 0 Å². The van der Waals surface area contributed by atoms with E-state index in [4.69, 9.17) is 4.74 Å². The first-order chi connectivity index (χ1) is 7.68. The molecule has 82 valence electrons. The number of rotatable bonds is 2. The van der Waals surface area contributed by atoms with Crippen molar-refractivity contribution in [2.45, 2.75) is 13.8 Å². The predicted octanol–water partition coefficient (Wildman–Crippen LogP) is 4.25. The predicted molar refractivity (Wildman–Crippen MR) is 67.9 cm³/mol. The summed E-state index contributed by atoms with van der Waals surface area (Å²) in [4.78, 5) is 4.23. The minimum atomic E-state index is 0.807. The standard InChI is InChI=1S/C13H12BrNO/c1-9-7-8-15-10(2)13(9)16-12-6-4-3-5-11(12)14/h3-8H,1-2H3. The van der Waals surface area contributed by atoms with Gasteiger partial charge in [0.1, 0.15) is 5.75 Å². The Morgan fingerprint density at radius 2 is 1.88 bits per heavy atom. The molecule has 2 nitrogen and oxygen atoms in total. The van der Waals surface area contributed by atoms with Crippen LogP contribution in [0.5, 0.6) is 11.5 Å². The molecule has 0 saturated heterocycles. The molecule has 0 fully saturated rings. The molecule has 0 N–H and O–H groups in total. The first-order valence-electron chi connectivity index (χ1n) is 5.03. The van der Waals surface area contributed by atoms with Crippen molar-refractivity contribution in [2.75, 3.05) is 0 Å². The summed E-state index contributed by atoms with van der Waals surface area (Å²) in [7, 11) is 0. The van der Waals surface area contributed by atoms with Gasteiger partial charge in [-0.15, -0.1) is 0 Å². The van der Waals surface area contributed by atoms with Crippen molar-refractivity contribution in [3.8, 4) is 11.5 Å². The SMILES string of the molecule is Cc1ccnc(C)c1Oc1ccccc1Br. The van der Waals surface area contributed by atoms with Crippen LogP contribution >= 0.6 is 15.9 Å². The summed E-state index contributed by atoms with van der Waals surface area (Å²) in [6.07, 6.45) is 1.79. The Kier molecular flexibility index (Phi) is 3.25. The number of ether oxygens (including phenoxy) is 1. The third-order valence-corrected chi connectivity index (χ3v) is 2.98. The van der Waals surface area contributed by atoms with Crippen molar-refractivity contribution in [1.82, 2.24) is 4.98 Å². The van der Waals surface area contributed by atoms with E-state index in [2.05, 4.69) is 20.9 Å². The van der Waals surface area contributed by atoms with Crippen LogP contribution in [0.25, 0.3) is 0 Å². The maximum absolute atomic E-state index is 5.86. The normalized spacial score (nSPS) is 10.2. The summed E-state index contributed by atoms with van der Waals surface area (Å²) < 4.78 is 6.80. The number of nitrogens with zero attached hydrogens (tertiary/aromatic N) is 1. The number of hydrogen-bond acceptors (Lipinski definition) is 2. The zero-order valence-corrected chi connectivity index (χ0v) is 10.8. The van der Waals surface area contributed by atoms with Crippen molar-refractivity contribution >= 4 is 15.9 Å². The van der Waals surface area contributed by atoms with Crippen LogP contribution in [0.3, 0.4) is 0 Å². The zero-order chi connectivity index (χ0) is 11.5. The summed E-state index contributed by atoms with van der Waals surface area (Å²) in [5.41, 5.74) is 1.99. The molecule has 16 heavy (non-hydrogen) atoms. The van der Waals surface area contributed by atoms with Gasteiger partial charge in [-0.25, -0.2) is 0 Å². The van der Waals surface area contributed by atoms with Gasteiger partial charge in [-0.05, 0) is 53.5 Å². The molecule has 1 heterocycles. The van der Waals surface area contributed by atoms with Gasteiger partial charge in [0.05, 0.1) is 10.2 Å². The lowest BCUT2D eigenvalue weighted by Crippen LogP contribution is -1.93.